The molecule has 0 bridgehead atoms. The van der Waals surface area contributed by atoms with Crippen molar-refractivity contribution < 1.29 is 19.8 Å². The van der Waals surface area contributed by atoms with E-state index in [0.29, 0.717) is 6.04 Å². The maximum absolute atomic E-state index is 9.10. The standard InChI is InChI=1S/C8H14N2.C2H2O4/c1-2-8-5-3-4-6-10(8)7-9;3-1(4)2(5)6/h8H,2-6H2,1H3;(H,3,4)(H,5,6). The van der Waals surface area contributed by atoms with Gasteiger partial charge >= 0.3 is 11.9 Å². The molecular formula is C10H16N2O4. The molecule has 6 heteroatoms. The molecule has 1 fully saturated rings. The second kappa shape index (κ2) is 7.51. The molecule has 1 aliphatic rings. The average molecular weight is 228 g/mol. The molecule has 0 saturated carbocycles. The quantitative estimate of drug-likeness (QED) is 0.510. The molecule has 1 unspecified atom stereocenters. The third-order valence-corrected chi connectivity index (χ3v) is 2.41. The summed E-state index contributed by atoms with van der Waals surface area (Å²) in [7, 11) is 0. The van der Waals surface area contributed by atoms with Crippen LogP contribution in [0.2, 0.25) is 0 Å². The van der Waals surface area contributed by atoms with Gasteiger partial charge in [-0.05, 0) is 25.7 Å². The molecule has 0 aliphatic carbocycles. The molecule has 0 aromatic carbocycles. The Kier molecular flexibility index (Phi) is 6.68. The first kappa shape index (κ1) is 14.2. The Morgan fingerprint density at radius 1 is 1.38 bits per heavy atom. The maximum atomic E-state index is 9.10. The number of rotatable bonds is 1. The zero-order valence-corrected chi connectivity index (χ0v) is 9.22. The summed E-state index contributed by atoms with van der Waals surface area (Å²) in [5, 5.41) is 23.5. The lowest BCUT2D eigenvalue weighted by Gasteiger charge is -2.30. The summed E-state index contributed by atoms with van der Waals surface area (Å²) in [6, 6.07) is 0.541. The normalized spacial score (nSPS) is 19.0. The predicted octanol–water partition coefficient (Wildman–Crippen LogP) is 0.888. The number of hydrogen-bond donors (Lipinski definition) is 2. The highest BCUT2D eigenvalue weighted by Gasteiger charge is 2.18. The summed E-state index contributed by atoms with van der Waals surface area (Å²) in [6.07, 6.45) is 7.07. The fourth-order valence-electron chi connectivity index (χ4n) is 1.56. The van der Waals surface area contributed by atoms with Crippen molar-refractivity contribution in [1.29, 1.82) is 5.26 Å². The molecule has 0 radical (unpaired) electrons. The van der Waals surface area contributed by atoms with Gasteiger partial charge in [-0.2, -0.15) is 5.26 Å². The Morgan fingerprint density at radius 2 is 1.94 bits per heavy atom. The summed E-state index contributed by atoms with van der Waals surface area (Å²) >= 11 is 0. The lowest BCUT2D eigenvalue weighted by atomic mass is 10.0. The molecule has 2 N–H and O–H groups in total. The van der Waals surface area contributed by atoms with Crippen molar-refractivity contribution in [3.05, 3.63) is 0 Å². The van der Waals surface area contributed by atoms with Crippen LogP contribution in [0.3, 0.4) is 0 Å². The molecule has 0 spiro atoms. The van der Waals surface area contributed by atoms with Gasteiger partial charge < -0.3 is 15.1 Å². The van der Waals surface area contributed by atoms with Crippen molar-refractivity contribution in [3.8, 4) is 6.19 Å². The van der Waals surface area contributed by atoms with E-state index in [1.165, 1.54) is 19.3 Å². The van der Waals surface area contributed by atoms with Crippen molar-refractivity contribution in [2.45, 2.75) is 38.6 Å². The summed E-state index contributed by atoms with van der Waals surface area (Å²) in [4.78, 5) is 20.1. The van der Waals surface area contributed by atoms with Gasteiger partial charge in [0, 0.05) is 12.6 Å². The average Bonchev–Trinajstić information content (AvgIpc) is 2.29. The Bertz CT molecular complexity index is 273. The van der Waals surface area contributed by atoms with Gasteiger partial charge in [0.25, 0.3) is 0 Å². The Labute approximate surface area is 94.1 Å². The van der Waals surface area contributed by atoms with Gasteiger partial charge in [-0.3, -0.25) is 0 Å². The molecule has 1 saturated heterocycles. The van der Waals surface area contributed by atoms with Crippen LogP contribution >= 0.6 is 0 Å². The predicted molar refractivity (Wildman–Crippen MR) is 55.5 cm³/mol. The van der Waals surface area contributed by atoms with E-state index in [1.54, 1.807) is 0 Å². The fraction of sp³-hybridized carbons (Fsp3) is 0.700. The number of carboxylic acid groups (broad SMARTS) is 2. The Hall–Kier alpha value is -1.77. The monoisotopic (exact) mass is 228 g/mol. The first-order chi connectivity index (χ1) is 7.52. The van der Waals surface area contributed by atoms with Crippen molar-refractivity contribution in [2.75, 3.05) is 6.54 Å². The first-order valence-electron chi connectivity index (χ1n) is 5.15. The summed E-state index contributed by atoms with van der Waals surface area (Å²) in [6.45, 7) is 3.13. The van der Waals surface area contributed by atoms with Crippen molar-refractivity contribution >= 4 is 11.9 Å². The number of nitriles is 1. The number of likely N-dealkylation sites (tertiary alicyclic amines) is 1. The summed E-state index contributed by atoms with van der Waals surface area (Å²) in [5.74, 6) is -3.65. The first-order valence-corrected chi connectivity index (χ1v) is 5.15. The smallest absolute Gasteiger partial charge is 0.414 e. The zero-order chi connectivity index (χ0) is 12.6. The maximum Gasteiger partial charge on any atom is 0.414 e. The largest absolute Gasteiger partial charge is 0.473 e. The van der Waals surface area contributed by atoms with E-state index in [0.717, 1.165) is 13.0 Å². The molecule has 0 aromatic rings. The van der Waals surface area contributed by atoms with Crippen molar-refractivity contribution in [1.82, 2.24) is 4.90 Å². The van der Waals surface area contributed by atoms with E-state index in [-0.39, 0.29) is 0 Å². The Morgan fingerprint density at radius 3 is 2.25 bits per heavy atom. The minimum atomic E-state index is -1.82. The number of nitrogens with zero attached hydrogens (tertiary/aromatic N) is 2. The van der Waals surface area contributed by atoms with Gasteiger partial charge in [0.05, 0.1) is 0 Å². The van der Waals surface area contributed by atoms with Crippen LogP contribution in [0.4, 0.5) is 0 Å². The number of carboxylic acids is 2. The molecule has 0 aromatic heterocycles. The number of hydrogen-bond acceptors (Lipinski definition) is 4. The van der Waals surface area contributed by atoms with Crippen molar-refractivity contribution in [3.63, 3.8) is 0 Å². The van der Waals surface area contributed by atoms with Gasteiger partial charge in [0.15, 0.2) is 6.19 Å². The van der Waals surface area contributed by atoms with Crippen LogP contribution in [0.15, 0.2) is 0 Å². The van der Waals surface area contributed by atoms with Crippen LogP contribution < -0.4 is 0 Å². The summed E-state index contributed by atoms with van der Waals surface area (Å²) in [5.41, 5.74) is 0. The van der Waals surface area contributed by atoms with Crippen LogP contribution in [0, 0.1) is 11.5 Å². The van der Waals surface area contributed by atoms with Crippen LogP contribution in [0.25, 0.3) is 0 Å². The fourth-order valence-corrected chi connectivity index (χ4v) is 1.56. The zero-order valence-electron chi connectivity index (χ0n) is 9.22. The van der Waals surface area contributed by atoms with E-state index in [9.17, 15) is 0 Å². The third kappa shape index (κ3) is 5.20. The SMILES string of the molecule is CCC1CCCCN1C#N.O=C(O)C(=O)O. The molecule has 0 amide bonds. The van der Waals surface area contributed by atoms with E-state index in [4.69, 9.17) is 25.1 Å². The van der Waals surface area contributed by atoms with Gasteiger partial charge in [0.2, 0.25) is 0 Å². The minimum Gasteiger partial charge on any atom is -0.473 e. The number of carbonyl (C=O) groups is 2. The van der Waals surface area contributed by atoms with Crippen molar-refractivity contribution in [2.24, 2.45) is 0 Å². The van der Waals surface area contributed by atoms with Gasteiger partial charge in [0.1, 0.15) is 0 Å². The van der Waals surface area contributed by atoms with Crippen LogP contribution in [0.1, 0.15) is 32.6 Å². The minimum absolute atomic E-state index is 0.541. The molecule has 16 heavy (non-hydrogen) atoms. The molecule has 1 rings (SSSR count). The second-order valence-electron chi connectivity index (χ2n) is 3.46. The number of aliphatic carboxylic acids is 2. The molecule has 1 heterocycles. The molecule has 90 valence electrons. The van der Waals surface area contributed by atoms with E-state index < -0.39 is 11.9 Å². The summed E-state index contributed by atoms with van der Waals surface area (Å²) < 4.78 is 0. The Balaban J connectivity index is 0.000000325. The molecule has 1 atom stereocenters. The second-order valence-corrected chi connectivity index (χ2v) is 3.46. The third-order valence-electron chi connectivity index (χ3n) is 2.41. The highest BCUT2D eigenvalue weighted by molar-refractivity contribution is 6.27. The van der Waals surface area contributed by atoms with Crippen LogP contribution in [-0.2, 0) is 9.59 Å². The van der Waals surface area contributed by atoms with Gasteiger partial charge in [-0.25, -0.2) is 9.59 Å². The molecule has 6 nitrogen and oxygen atoms in total. The van der Waals surface area contributed by atoms with E-state index in [2.05, 4.69) is 13.1 Å². The van der Waals surface area contributed by atoms with E-state index in [1.807, 2.05) is 4.90 Å². The highest BCUT2D eigenvalue weighted by atomic mass is 16.4. The molecule has 1 aliphatic heterocycles. The molecular weight excluding hydrogens is 212 g/mol. The highest BCUT2D eigenvalue weighted by Crippen LogP contribution is 2.17. The van der Waals surface area contributed by atoms with Crippen LogP contribution in [0.5, 0.6) is 0 Å². The van der Waals surface area contributed by atoms with Crippen LogP contribution in [-0.4, -0.2) is 39.6 Å². The van der Waals surface area contributed by atoms with Gasteiger partial charge in [-0.1, -0.05) is 6.92 Å². The topological polar surface area (TPSA) is 102 Å². The number of piperidine rings is 1. The van der Waals surface area contributed by atoms with E-state index >= 15 is 0 Å². The van der Waals surface area contributed by atoms with Gasteiger partial charge in [-0.15, -0.1) is 0 Å². The lowest BCUT2D eigenvalue weighted by Crippen LogP contribution is -2.34. The lowest BCUT2D eigenvalue weighted by molar-refractivity contribution is -0.159.